The molecule has 2 heterocycles. The van der Waals surface area contributed by atoms with Gasteiger partial charge in [-0.2, -0.15) is 5.26 Å². The molecule has 7 nitrogen and oxygen atoms in total. The molecule has 8 heteroatoms. The average molecular weight is 388 g/mol. The zero-order valence-corrected chi connectivity index (χ0v) is 16.0. The Morgan fingerprint density at radius 2 is 2.19 bits per heavy atom. The van der Waals surface area contributed by atoms with Crippen LogP contribution in [-0.4, -0.2) is 51.9 Å². The number of hydrogen-bond donors (Lipinski definition) is 2. The molecule has 5 aliphatic rings. The van der Waals surface area contributed by atoms with Gasteiger partial charge in [-0.25, -0.2) is 9.78 Å². The van der Waals surface area contributed by atoms with Crippen LogP contribution in [0, 0.1) is 29.1 Å². The fraction of sp³-hybridized carbons (Fsp3) is 0.737. The number of rotatable bonds is 3. The Hall–Kier alpha value is -1.85. The Kier molecular flexibility index (Phi) is 4.06. The van der Waals surface area contributed by atoms with Crippen molar-refractivity contribution in [3.63, 3.8) is 0 Å². The highest BCUT2D eigenvalue weighted by Gasteiger charge is 2.56. The van der Waals surface area contributed by atoms with E-state index in [1.807, 2.05) is 0 Å². The molecule has 2 N–H and O–H groups in total. The van der Waals surface area contributed by atoms with Crippen LogP contribution in [0.15, 0.2) is 6.20 Å². The van der Waals surface area contributed by atoms with Gasteiger partial charge in [-0.1, -0.05) is 11.3 Å². The van der Waals surface area contributed by atoms with E-state index in [1.165, 1.54) is 11.3 Å². The topological polar surface area (TPSA) is 98.5 Å². The molecule has 4 bridgehead atoms. The number of carbonyl (C=O) groups excluding carboxylic acids is 1. The Balaban J connectivity index is 1.17. The van der Waals surface area contributed by atoms with Crippen LogP contribution in [0.25, 0.3) is 0 Å². The van der Waals surface area contributed by atoms with Gasteiger partial charge < -0.3 is 20.1 Å². The molecule has 4 saturated carbocycles. The first-order valence-corrected chi connectivity index (χ1v) is 10.6. The molecule has 0 aromatic carbocycles. The smallest absolute Gasteiger partial charge is 0.410 e. The number of nitriles is 1. The highest BCUT2D eigenvalue weighted by molar-refractivity contribution is 7.16. The summed E-state index contributed by atoms with van der Waals surface area (Å²) >= 11 is 1.33. The number of amides is 1. The lowest BCUT2D eigenvalue weighted by Crippen LogP contribution is -2.58. The highest BCUT2D eigenvalue weighted by atomic mass is 32.1. The summed E-state index contributed by atoms with van der Waals surface area (Å²) in [5.74, 6) is 1.25. The molecule has 27 heavy (non-hydrogen) atoms. The largest absolute Gasteiger partial charge is 0.446 e. The van der Waals surface area contributed by atoms with Crippen LogP contribution in [0.4, 0.5) is 9.93 Å². The van der Waals surface area contributed by atoms with Gasteiger partial charge in [0.1, 0.15) is 17.1 Å². The second-order valence-electron chi connectivity index (χ2n) is 8.76. The van der Waals surface area contributed by atoms with E-state index in [9.17, 15) is 9.90 Å². The van der Waals surface area contributed by atoms with Crippen molar-refractivity contribution in [2.24, 2.45) is 17.8 Å². The number of nitrogens with one attached hydrogen (secondary N) is 1. The third-order valence-electron chi connectivity index (χ3n) is 6.78. The summed E-state index contributed by atoms with van der Waals surface area (Å²) < 4.78 is 5.97. The predicted molar refractivity (Wildman–Crippen MR) is 99.2 cm³/mol. The molecule has 1 aliphatic heterocycles. The number of aromatic nitrogens is 1. The summed E-state index contributed by atoms with van der Waals surface area (Å²) in [7, 11) is 0. The van der Waals surface area contributed by atoms with E-state index >= 15 is 0 Å². The number of carbonyl (C=O) groups is 1. The number of aliphatic hydroxyl groups is 1. The third kappa shape index (κ3) is 3.17. The molecular weight excluding hydrogens is 364 g/mol. The minimum Gasteiger partial charge on any atom is -0.446 e. The molecular formula is C19H24N4O3S. The Morgan fingerprint density at radius 1 is 1.41 bits per heavy atom. The lowest BCUT2D eigenvalue weighted by Gasteiger charge is -2.57. The summed E-state index contributed by atoms with van der Waals surface area (Å²) in [6, 6.07) is 2.22. The van der Waals surface area contributed by atoms with Crippen molar-refractivity contribution in [3.05, 3.63) is 11.1 Å². The molecule has 1 saturated heterocycles. The van der Waals surface area contributed by atoms with Gasteiger partial charge in [-0.3, -0.25) is 0 Å². The van der Waals surface area contributed by atoms with Crippen LogP contribution in [0.1, 0.15) is 43.4 Å². The van der Waals surface area contributed by atoms with Crippen molar-refractivity contribution >= 4 is 22.6 Å². The van der Waals surface area contributed by atoms with Crippen LogP contribution >= 0.6 is 11.3 Å². The Labute approximate surface area is 162 Å². The number of nitrogens with zero attached hydrogens (tertiary/aromatic N) is 3. The second-order valence-corrected chi connectivity index (χ2v) is 9.79. The maximum Gasteiger partial charge on any atom is 0.410 e. The molecule has 3 atom stereocenters. The highest BCUT2D eigenvalue weighted by Crippen LogP contribution is 2.56. The van der Waals surface area contributed by atoms with Crippen molar-refractivity contribution in [2.45, 2.75) is 56.3 Å². The molecule has 5 fully saturated rings. The van der Waals surface area contributed by atoms with Crippen LogP contribution in [0.3, 0.4) is 0 Å². The van der Waals surface area contributed by atoms with Gasteiger partial charge in [0.25, 0.3) is 0 Å². The van der Waals surface area contributed by atoms with Crippen molar-refractivity contribution in [2.75, 3.05) is 18.4 Å². The quantitative estimate of drug-likeness (QED) is 0.826. The molecule has 1 aromatic heterocycles. The van der Waals surface area contributed by atoms with Crippen molar-refractivity contribution in [1.82, 2.24) is 9.88 Å². The van der Waals surface area contributed by atoms with Gasteiger partial charge in [0.2, 0.25) is 0 Å². The molecule has 1 amide bonds. The average Bonchev–Trinajstić information content (AvgIpc) is 3.26. The van der Waals surface area contributed by atoms with E-state index in [0.717, 1.165) is 43.7 Å². The van der Waals surface area contributed by atoms with Crippen molar-refractivity contribution < 1.29 is 14.6 Å². The lowest BCUT2D eigenvalue weighted by atomic mass is 9.53. The minimum atomic E-state index is -0.502. The number of anilines is 1. The van der Waals surface area contributed by atoms with Gasteiger partial charge in [-0.15, -0.1) is 0 Å². The summed E-state index contributed by atoms with van der Waals surface area (Å²) in [5.41, 5.74) is -0.502. The maximum absolute atomic E-state index is 12.7. The van der Waals surface area contributed by atoms with E-state index in [1.54, 1.807) is 11.1 Å². The van der Waals surface area contributed by atoms with Gasteiger partial charge in [0.15, 0.2) is 5.13 Å². The van der Waals surface area contributed by atoms with Gasteiger partial charge in [-0.05, 0) is 56.3 Å². The fourth-order valence-electron chi connectivity index (χ4n) is 5.93. The summed E-state index contributed by atoms with van der Waals surface area (Å²) in [6.07, 6.45) is 6.84. The number of thiazole rings is 1. The van der Waals surface area contributed by atoms with Crippen LogP contribution in [0.2, 0.25) is 0 Å². The monoisotopic (exact) mass is 388 g/mol. The minimum absolute atomic E-state index is 0.0292. The number of ether oxygens (including phenoxy) is 1. The molecule has 6 rings (SSSR count). The summed E-state index contributed by atoms with van der Waals surface area (Å²) in [6.45, 7) is 1.26. The molecule has 0 spiro atoms. The van der Waals surface area contributed by atoms with Crippen LogP contribution < -0.4 is 5.32 Å². The molecule has 4 aliphatic carbocycles. The summed E-state index contributed by atoms with van der Waals surface area (Å²) in [5, 5.41) is 23.6. The van der Waals surface area contributed by atoms with Crippen LogP contribution in [-0.2, 0) is 4.74 Å². The first-order valence-electron chi connectivity index (χ1n) is 9.82. The van der Waals surface area contributed by atoms with Gasteiger partial charge in [0.05, 0.1) is 11.8 Å². The molecule has 1 aromatic rings. The Bertz CT molecular complexity index is 774. The van der Waals surface area contributed by atoms with Gasteiger partial charge >= 0.3 is 6.09 Å². The van der Waals surface area contributed by atoms with E-state index in [0.29, 0.717) is 35.7 Å². The summed E-state index contributed by atoms with van der Waals surface area (Å²) in [4.78, 5) is 19.3. The third-order valence-corrected chi connectivity index (χ3v) is 7.61. The van der Waals surface area contributed by atoms with Crippen LogP contribution in [0.5, 0.6) is 0 Å². The predicted octanol–water partition coefficient (Wildman–Crippen LogP) is 2.58. The van der Waals surface area contributed by atoms with E-state index in [4.69, 9.17) is 10.00 Å². The van der Waals surface area contributed by atoms with E-state index < -0.39 is 5.60 Å². The molecule has 0 radical (unpaired) electrons. The SMILES string of the molecule is N#Cc1cnc(N[C@@H]2CCN(C(=O)O[C@H]3C4CC5CC3C[C@](O)(C5)C4)C2)s1. The maximum atomic E-state index is 12.7. The normalized spacial score (nSPS) is 39.4. The van der Waals surface area contributed by atoms with Gasteiger partial charge in [0, 0.05) is 19.1 Å². The first-order chi connectivity index (χ1) is 13.0. The fourth-order valence-corrected chi connectivity index (χ4v) is 6.62. The van der Waals surface area contributed by atoms with Crippen molar-refractivity contribution in [1.29, 1.82) is 5.26 Å². The van der Waals surface area contributed by atoms with E-state index in [-0.39, 0.29) is 18.2 Å². The number of hydrogen-bond acceptors (Lipinski definition) is 7. The first kappa shape index (κ1) is 17.3. The molecule has 144 valence electrons. The zero-order chi connectivity index (χ0) is 18.6. The number of likely N-dealkylation sites (tertiary alicyclic amines) is 1. The standard InChI is InChI=1S/C19H24N4O3S/c20-8-15-9-21-17(27-15)22-14-1-2-23(10-14)18(24)26-16-12-3-11-4-13(16)7-19(25,5-11)6-12/h9,11-14,16,25H,1-7,10H2,(H,21,22)/t11?,12?,13?,14-,16-,19-/m1/s1. The zero-order valence-electron chi connectivity index (χ0n) is 15.1. The lowest BCUT2D eigenvalue weighted by molar-refractivity contribution is -0.177. The second kappa shape index (κ2) is 6.35. The Morgan fingerprint density at radius 3 is 2.85 bits per heavy atom. The van der Waals surface area contributed by atoms with E-state index in [2.05, 4.69) is 16.4 Å². The molecule has 2 unspecified atom stereocenters. The van der Waals surface area contributed by atoms with Crippen molar-refractivity contribution in [3.8, 4) is 6.07 Å².